The van der Waals surface area contributed by atoms with Crippen molar-refractivity contribution in [1.82, 2.24) is 10.1 Å². The fourth-order valence-corrected chi connectivity index (χ4v) is 6.04. The minimum absolute atomic E-state index is 0.105. The maximum absolute atomic E-state index is 13.5. The number of nitrogens with zero attached hydrogens (tertiary/aromatic N) is 3. The summed E-state index contributed by atoms with van der Waals surface area (Å²) in [6.45, 7) is 10.5. The molecule has 3 N–H and O–H groups in total. The van der Waals surface area contributed by atoms with Crippen molar-refractivity contribution in [1.29, 1.82) is 0 Å². The van der Waals surface area contributed by atoms with Gasteiger partial charge in [-0.3, -0.25) is 19.4 Å². The molecule has 1 aliphatic heterocycles. The molecule has 0 fully saturated rings. The molecule has 0 spiro atoms. The first-order valence-electron chi connectivity index (χ1n) is 13.9. The van der Waals surface area contributed by atoms with E-state index in [0.717, 1.165) is 35.4 Å². The largest absolute Gasteiger partial charge is 0.377 e. The Kier molecular flexibility index (Phi) is 9.31. The smallest absolute Gasteiger partial charge is 0.263 e. The third kappa shape index (κ3) is 6.37. The Labute approximate surface area is 242 Å². The van der Waals surface area contributed by atoms with Crippen molar-refractivity contribution in [3.05, 3.63) is 64.9 Å². The molecular weight excluding hydrogens is 542 g/mol. The van der Waals surface area contributed by atoms with Crippen LogP contribution < -0.4 is 10.5 Å². The monoisotopic (exact) mass is 581 g/mol. The molecule has 3 aromatic rings. The first kappa shape index (κ1) is 30.4. The molecule has 10 nitrogen and oxygen atoms in total. The first-order chi connectivity index (χ1) is 19.5. The number of nitrogens with one attached hydrogen (secondary N) is 1. The Hall–Kier alpha value is -3.54. The maximum Gasteiger partial charge on any atom is 0.263 e. The van der Waals surface area contributed by atoms with Crippen LogP contribution in [0.2, 0.25) is 0 Å². The van der Waals surface area contributed by atoms with Crippen molar-refractivity contribution in [2.75, 3.05) is 17.9 Å². The number of aryl methyl sites for hydroxylation is 1. The highest BCUT2D eigenvalue weighted by atomic mass is 32.2. The van der Waals surface area contributed by atoms with E-state index in [1.807, 2.05) is 25.1 Å². The van der Waals surface area contributed by atoms with Gasteiger partial charge in [-0.1, -0.05) is 54.9 Å². The number of aromatic nitrogens is 1. The van der Waals surface area contributed by atoms with Crippen molar-refractivity contribution in [3.63, 3.8) is 0 Å². The lowest BCUT2D eigenvalue weighted by molar-refractivity contribution is -0.130. The first-order valence-corrected chi connectivity index (χ1v) is 15.4. The minimum Gasteiger partial charge on any atom is -0.377 e. The normalized spacial score (nSPS) is 17.3. The summed E-state index contributed by atoms with van der Waals surface area (Å²) < 4.78 is 40.6. The molecule has 1 atom stereocenters. The highest BCUT2D eigenvalue weighted by Crippen LogP contribution is 2.34. The molecule has 11 heteroatoms. The number of ether oxygens (including phenoxy) is 1. The summed E-state index contributed by atoms with van der Waals surface area (Å²) in [5.41, 5.74) is 8.54. The molecule has 2 heterocycles. The van der Waals surface area contributed by atoms with Crippen LogP contribution in [0.3, 0.4) is 0 Å². The van der Waals surface area contributed by atoms with Gasteiger partial charge in [0.15, 0.2) is 11.4 Å². The number of carbonyl (C=O) groups excluding carboxylic acids is 1. The molecule has 1 unspecified atom stereocenters. The van der Waals surface area contributed by atoms with Gasteiger partial charge in [0.05, 0.1) is 18.0 Å². The van der Waals surface area contributed by atoms with E-state index in [0.29, 0.717) is 36.5 Å². The number of nitrogens with two attached hydrogens (primary N) is 1. The van der Waals surface area contributed by atoms with Gasteiger partial charge < -0.3 is 15.0 Å². The van der Waals surface area contributed by atoms with Gasteiger partial charge >= 0.3 is 0 Å². The highest BCUT2D eigenvalue weighted by Gasteiger charge is 2.43. The number of unbranched alkanes of at least 4 members (excludes halogenated alkanes) is 1. The average molecular weight is 582 g/mol. The summed E-state index contributed by atoms with van der Waals surface area (Å²) >= 11 is 0. The van der Waals surface area contributed by atoms with E-state index in [2.05, 4.69) is 16.8 Å². The van der Waals surface area contributed by atoms with Crippen LogP contribution >= 0.6 is 0 Å². The Bertz CT molecular complexity index is 1550. The molecular formula is C30H39N5O5S. The highest BCUT2D eigenvalue weighted by molar-refractivity contribution is 7.92. The van der Waals surface area contributed by atoms with Gasteiger partial charge in [-0.25, -0.2) is 8.42 Å². The maximum atomic E-state index is 13.5. The molecule has 2 aromatic carbocycles. The zero-order valence-electron chi connectivity index (χ0n) is 24.4. The summed E-state index contributed by atoms with van der Waals surface area (Å²) in [7, 11) is -4.00. The summed E-state index contributed by atoms with van der Waals surface area (Å²) in [5, 5.41) is 3.86. The minimum atomic E-state index is -4.00. The number of benzene rings is 2. The van der Waals surface area contributed by atoms with Crippen molar-refractivity contribution >= 4 is 27.6 Å². The van der Waals surface area contributed by atoms with E-state index < -0.39 is 15.6 Å². The van der Waals surface area contributed by atoms with E-state index in [1.165, 1.54) is 0 Å². The Morgan fingerprint density at radius 3 is 2.54 bits per heavy atom. The van der Waals surface area contributed by atoms with Gasteiger partial charge in [0.2, 0.25) is 0 Å². The van der Waals surface area contributed by atoms with Gasteiger partial charge in [-0.15, -0.1) is 0 Å². The fraction of sp³-hybridized carbons (Fsp3) is 0.433. The topological polar surface area (TPSA) is 140 Å². The van der Waals surface area contributed by atoms with E-state index in [1.54, 1.807) is 49.9 Å². The molecule has 1 aromatic heterocycles. The molecule has 1 amide bonds. The number of hydrogen-bond acceptors (Lipinski definition) is 8. The Morgan fingerprint density at radius 1 is 1.12 bits per heavy atom. The number of anilines is 1. The molecule has 0 radical (unpaired) electrons. The number of carbonyl (C=O) groups is 1. The molecule has 220 valence electrons. The van der Waals surface area contributed by atoms with Crippen LogP contribution in [0.25, 0.3) is 11.1 Å². The van der Waals surface area contributed by atoms with E-state index in [9.17, 15) is 13.2 Å². The van der Waals surface area contributed by atoms with Crippen LogP contribution in [-0.4, -0.2) is 48.9 Å². The van der Waals surface area contributed by atoms with Crippen molar-refractivity contribution in [2.45, 2.75) is 77.5 Å². The lowest BCUT2D eigenvalue weighted by atomic mass is 9.97. The lowest BCUT2D eigenvalue weighted by Crippen LogP contribution is -2.44. The lowest BCUT2D eigenvalue weighted by Gasteiger charge is -2.23. The second-order valence-electron chi connectivity index (χ2n) is 10.4. The number of aliphatic imine (C=N–C) groups is 1. The van der Waals surface area contributed by atoms with Gasteiger partial charge in [0.1, 0.15) is 11.6 Å². The average Bonchev–Trinajstić information content (AvgIpc) is 3.40. The van der Waals surface area contributed by atoms with Crippen molar-refractivity contribution < 1.29 is 22.5 Å². The van der Waals surface area contributed by atoms with Crippen LogP contribution in [0, 0.1) is 13.8 Å². The number of hydrogen-bond donors (Lipinski definition) is 2. The zero-order chi connectivity index (χ0) is 29.8. The van der Waals surface area contributed by atoms with Gasteiger partial charge in [0.25, 0.3) is 15.9 Å². The molecule has 0 bridgehead atoms. The molecule has 0 saturated heterocycles. The summed E-state index contributed by atoms with van der Waals surface area (Å²) in [4.78, 5) is 19.9. The third-order valence-corrected chi connectivity index (χ3v) is 8.77. The van der Waals surface area contributed by atoms with E-state index >= 15 is 0 Å². The van der Waals surface area contributed by atoms with Crippen molar-refractivity contribution in [3.8, 4) is 11.1 Å². The zero-order valence-corrected chi connectivity index (χ0v) is 25.2. The summed E-state index contributed by atoms with van der Waals surface area (Å²) in [5.74, 6) is 1.34. The number of amidine groups is 1. The second kappa shape index (κ2) is 12.5. The van der Waals surface area contributed by atoms with Gasteiger partial charge in [0, 0.05) is 30.7 Å². The van der Waals surface area contributed by atoms with Crippen LogP contribution in [0.1, 0.15) is 62.5 Å². The van der Waals surface area contributed by atoms with E-state index in [4.69, 9.17) is 20.0 Å². The van der Waals surface area contributed by atoms with E-state index in [-0.39, 0.29) is 29.8 Å². The third-order valence-electron chi connectivity index (χ3n) is 7.37. The van der Waals surface area contributed by atoms with Crippen molar-refractivity contribution in [2.24, 2.45) is 10.7 Å². The SMILES string of the molecule is CCCCC1=NC(C)(CN)C(=O)N1Cc1ccc(-c2ccccc2S(=O)(=O)Nc2noc(C)c2C)c(COCC)c1. The Balaban J connectivity index is 1.71. The second-order valence-corrected chi connectivity index (χ2v) is 12.1. The summed E-state index contributed by atoms with van der Waals surface area (Å²) in [6, 6.07) is 12.6. The molecule has 1 aliphatic rings. The Morgan fingerprint density at radius 2 is 1.88 bits per heavy atom. The predicted octanol–water partition coefficient (Wildman–Crippen LogP) is 4.94. The molecule has 0 saturated carbocycles. The predicted molar refractivity (Wildman–Crippen MR) is 159 cm³/mol. The number of sulfonamides is 1. The van der Waals surface area contributed by atoms with Crippen LogP contribution in [-0.2, 0) is 32.7 Å². The number of amides is 1. The fourth-order valence-electron chi connectivity index (χ4n) is 4.76. The van der Waals surface area contributed by atoms with Gasteiger partial charge in [-0.05, 0) is 56.9 Å². The standard InChI is InChI=1S/C30H39N5O5S/c1-6-8-13-27-32-30(5,19-31)29(36)35(27)17-22-14-15-24(23(16-22)18-39-7-2)25-11-9-10-12-26(25)41(37,38)34-28-20(3)21(4)40-33-28/h9-12,14-16H,6-8,13,17-19,31H2,1-5H3,(H,33,34). The quantitative estimate of drug-likeness (QED) is 0.291. The summed E-state index contributed by atoms with van der Waals surface area (Å²) in [6.07, 6.45) is 2.61. The van der Waals surface area contributed by atoms with Crippen LogP contribution in [0.5, 0.6) is 0 Å². The molecule has 4 rings (SSSR count). The molecule has 41 heavy (non-hydrogen) atoms. The van der Waals surface area contributed by atoms with Gasteiger partial charge in [-0.2, -0.15) is 0 Å². The number of rotatable bonds is 13. The molecule has 0 aliphatic carbocycles. The van der Waals surface area contributed by atoms with Crippen LogP contribution in [0.4, 0.5) is 5.82 Å². The van der Waals surface area contributed by atoms with Crippen LogP contribution in [0.15, 0.2) is 56.9 Å².